The quantitative estimate of drug-likeness (QED) is 0.753. The Bertz CT molecular complexity index is 237. The molecule has 2 rings (SSSR count). The Labute approximate surface area is 83.1 Å². The van der Waals surface area contributed by atoms with Gasteiger partial charge in [-0.2, -0.15) is 11.3 Å². The number of nitrogens with one attached hydrogen (secondary N) is 1. The van der Waals surface area contributed by atoms with E-state index in [2.05, 4.69) is 22.1 Å². The molecule has 0 aliphatic carbocycles. The van der Waals surface area contributed by atoms with Crippen molar-refractivity contribution >= 4 is 11.3 Å². The van der Waals surface area contributed by atoms with E-state index in [0.29, 0.717) is 12.0 Å². The zero-order valence-electron chi connectivity index (χ0n) is 7.70. The maximum atomic E-state index is 5.61. The van der Waals surface area contributed by atoms with Gasteiger partial charge >= 0.3 is 0 Å². The van der Waals surface area contributed by atoms with Crippen LogP contribution in [0.1, 0.15) is 24.3 Å². The maximum absolute atomic E-state index is 5.61. The summed E-state index contributed by atoms with van der Waals surface area (Å²) in [5.41, 5.74) is 7.10. The fourth-order valence-corrected chi connectivity index (χ4v) is 2.65. The van der Waals surface area contributed by atoms with Crippen LogP contribution in [0.25, 0.3) is 0 Å². The van der Waals surface area contributed by atoms with Gasteiger partial charge in [0.05, 0.1) is 0 Å². The fraction of sp³-hybridized carbons (Fsp3) is 0.600. The molecule has 72 valence electrons. The summed E-state index contributed by atoms with van der Waals surface area (Å²) in [6.45, 7) is 1.87. The smallest absolute Gasteiger partial charge is 0.0190 e. The molecule has 1 aromatic rings. The lowest BCUT2D eigenvalue weighted by molar-refractivity contribution is 0.372. The van der Waals surface area contributed by atoms with E-state index in [1.54, 1.807) is 11.3 Å². The van der Waals surface area contributed by atoms with E-state index >= 15 is 0 Å². The van der Waals surface area contributed by atoms with Crippen LogP contribution in [0.4, 0.5) is 0 Å². The van der Waals surface area contributed by atoms with Crippen molar-refractivity contribution in [1.29, 1.82) is 0 Å². The predicted molar refractivity (Wildman–Crippen MR) is 57.1 cm³/mol. The van der Waals surface area contributed by atoms with Crippen molar-refractivity contribution in [3.63, 3.8) is 0 Å². The van der Waals surface area contributed by atoms with Gasteiger partial charge in [-0.3, -0.25) is 0 Å². The summed E-state index contributed by atoms with van der Waals surface area (Å²) < 4.78 is 0. The predicted octanol–water partition coefficient (Wildman–Crippen LogP) is 1.54. The van der Waals surface area contributed by atoms with Crippen molar-refractivity contribution in [1.82, 2.24) is 5.32 Å². The minimum atomic E-state index is 0.551. The lowest BCUT2D eigenvalue weighted by Crippen LogP contribution is -2.42. The Balaban J connectivity index is 1.92. The number of hydrogen-bond donors (Lipinski definition) is 2. The number of piperidine rings is 1. The zero-order valence-corrected chi connectivity index (χ0v) is 8.52. The monoisotopic (exact) mass is 196 g/mol. The van der Waals surface area contributed by atoms with Gasteiger partial charge in [0.15, 0.2) is 0 Å². The molecule has 1 aliphatic heterocycles. The summed E-state index contributed by atoms with van der Waals surface area (Å²) in [6, 6.07) is 2.79. The van der Waals surface area contributed by atoms with E-state index in [0.717, 1.165) is 13.1 Å². The van der Waals surface area contributed by atoms with E-state index in [-0.39, 0.29) is 0 Å². The van der Waals surface area contributed by atoms with Crippen LogP contribution in [0.2, 0.25) is 0 Å². The second-order valence-corrected chi connectivity index (χ2v) is 4.45. The first kappa shape index (κ1) is 9.19. The van der Waals surface area contributed by atoms with E-state index < -0.39 is 0 Å². The Morgan fingerprint density at radius 1 is 1.54 bits per heavy atom. The van der Waals surface area contributed by atoms with Crippen molar-refractivity contribution < 1.29 is 0 Å². The van der Waals surface area contributed by atoms with Crippen molar-refractivity contribution in [2.75, 3.05) is 13.1 Å². The molecule has 2 atom stereocenters. The second kappa shape index (κ2) is 4.22. The number of thiophene rings is 1. The molecule has 0 bridgehead atoms. The molecule has 3 heteroatoms. The standard InChI is InChI=1S/C10H16N2S/c11-5-10-2-1-8(6-12-10)9-3-4-13-7-9/h3-4,7-8,10,12H,1-2,5-6,11H2. The maximum Gasteiger partial charge on any atom is 0.0190 e. The average Bonchev–Trinajstić information content (AvgIpc) is 2.71. The Morgan fingerprint density at radius 3 is 3.00 bits per heavy atom. The van der Waals surface area contributed by atoms with Gasteiger partial charge in [0.25, 0.3) is 0 Å². The van der Waals surface area contributed by atoms with Crippen LogP contribution in [0, 0.1) is 0 Å². The van der Waals surface area contributed by atoms with Gasteiger partial charge in [0.1, 0.15) is 0 Å². The summed E-state index contributed by atoms with van der Waals surface area (Å²) in [5, 5.41) is 7.90. The molecule has 0 spiro atoms. The third-order valence-electron chi connectivity index (χ3n) is 2.82. The number of rotatable bonds is 2. The van der Waals surface area contributed by atoms with Crippen LogP contribution in [0.3, 0.4) is 0 Å². The van der Waals surface area contributed by atoms with Crippen molar-refractivity contribution in [2.45, 2.75) is 24.8 Å². The average molecular weight is 196 g/mol. The molecule has 0 radical (unpaired) electrons. The second-order valence-electron chi connectivity index (χ2n) is 3.67. The van der Waals surface area contributed by atoms with Crippen LogP contribution in [0.5, 0.6) is 0 Å². The van der Waals surface area contributed by atoms with Crippen molar-refractivity contribution in [2.24, 2.45) is 5.73 Å². The van der Waals surface area contributed by atoms with Gasteiger partial charge in [-0.25, -0.2) is 0 Å². The van der Waals surface area contributed by atoms with Gasteiger partial charge in [0, 0.05) is 19.1 Å². The summed E-state index contributed by atoms with van der Waals surface area (Å²) >= 11 is 1.79. The Kier molecular flexibility index (Phi) is 2.98. The van der Waals surface area contributed by atoms with Crippen LogP contribution >= 0.6 is 11.3 Å². The molecular weight excluding hydrogens is 180 g/mol. The summed E-state index contributed by atoms with van der Waals surface area (Å²) in [6.07, 6.45) is 2.50. The molecule has 0 amide bonds. The van der Waals surface area contributed by atoms with Crippen LogP contribution in [-0.2, 0) is 0 Å². The molecule has 1 aromatic heterocycles. The van der Waals surface area contributed by atoms with Crippen LogP contribution in [0.15, 0.2) is 16.8 Å². The lowest BCUT2D eigenvalue weighted by atomic mass is 9.90. The normalized spacial score (nSPS) is 29.0. The van der Waals surface area contributed by atoms with E-state index in [1.165, 1.54) is 18.4 Å². The number of hydrogen-bond acceptors (Lipinski definition) is 3. The molecule has 3 N–H and O–H groups in total. The highest BCUT2D eigenvalue weighted by Gasteiger charge is 2.20. The third-order valence-corrected chi connectivity index (χ3v) is 3.52. The largest absolute Gasteiger partial charge is 0.329 e. The Hall–Kier alpha value is -0.380. The van der Waals surface area contributed by atoms with Crippen molar-refractivity contribution in [3.05, 3.63) is 22.4 Å². The lowest BCUT2D eigenvalue weighted by Gasteiger charge is -2.28. The molecule has 2 unspecified atom stereocenters. The van der Waals surface area contributed by atoms with Gasteiger partial charge in [-0.05, 0) is 41.1 Å². The first-order valence-corrected chi connectivity index (χ1v) is 5.80. The van der Waals surface area contributed by atoms with E-state index in [4.69, 9.17) is 5.73 Å². The van der Waals surface area contributed by atoms with Crippen LogP contribution in [-0.4, -0.2) is 19.1 Å². The van der Waals surface area contributed by atoms with E-state index in [9.17, 15) is 0 Å². The first-order chi connectivity index (χ1) is 6.40. The SMILES string of the molecule is NCC1CCC(c2ccsc2)CN1. The van der Waals surface area contributed by atoms with E-state index in [1.807, 2.05) is 0 Å². The molecule has 2 nitrogen and oxygen atoms in total. The van der Waals surface area contributed by atoms with Gasteiger partial charge in [-0.1, -0.05) is 0 Å². The summed E-state index contributed by atoms with van der Waals surface area (Å²) in [5.74, 6) is 0.717. The zero-order chi connectivity index (χ0) is 9.10. The minimum Gasteiger partial charge on any atom is -0.329 e. The Morgan fingerprint density at radius 2 is 2.46 bits per heavy atom. The molecule has 0 saturated carbocycles. The van der Waals surface area contributed by atoms with Gasteiger partial charge in [-0.15, -0.1) is 0 Å². The molecule has 2 heterocycles. The molecule has 0 aromatic carbocycles. The third kappa shape index (κ3) is 2.10. The minimum absolute atomic E-state index is 0.551. The molecule has 1 aliphatic rings. The highest BCUT2D eigenvalue weighted by molar-refractivity contribution is 7.07. The highest BCUT2D eigenvalue weighted by atomic mass is 32.1. The topological polar surface area (TPSA) is 38.0 Å². The summed E-state index contributed by atoms with van der Waals surface area (Å²) in [4.78, 5) is 0. The van der Waals surface area contributed by atoms with Crippen molar-refractivity contribution in [3.8, 4) is 0 Å². The molecule has 13 heavy (non-hydrogen) atoms. The first-order valence-electron chi connectivity index (χ1n) is 4.85. The molecule has 1 fully saturated rings. The van der Waals surface area contributed by atoms with Gasteiger partial charge < -0.3 is 11.1 Å². The number of nitrogens with two attached hydrogens (primary N) is 1. The van der Waals surface area contributed by atoms with Crippen LogP contribution < -0.4 is 11.1 Å². The molecule has 1 saturated heterocycles. The molecular formula is C10H16N2S. The fourth-order valence-electron chi connectivity index (χ4n) is 1.91. The summed E-state index contributed by atoms with van der Waals surface area (Å²) in [7, 11) is 0. The van der Waals surface area contributed by atoms with Gasteiger partial charge in [0.2, 0.25) is 0 Å². The highest BCUT2D eigenvalue weighted by Crippen LogP contribution is 2.26.